The molecule has 3 nitrogen and oxygen atoms in total. The van der Waals surface area contributed by atoms with Gasteiger partial charge in [0.2, 0.25) is 5.91 Å². The molecule has 0 radical (unpaired) electrons. The number of carbonyl (C=O) groups is 1. The maximum atomic E-state index is 12.7. The molecule has 0 saturated heterocycles. The van der Waals surface area contributed by atoms with Crippen LogP contribution in [0.5, 0.6) is 0 Å². The largest absolute Gasteiger partial charge is 0.331 e. The van der Waals surface area contributed by atoms with E-state index in [2.05, 4.69) is 25.1 Å². The fraction of sp³-hybridized carbons (Fsp3) is 0.353. The van der Waals surface area contributed by atoms with Crippen molar-refractivity contribution < 1.29 is 4.79 Å². The molecule has 2 rings (SSSR count). The van der Waals surface area contributed by atoms with Crippen LogP contribution in [-0.2, 0) is 11.3 Å². The van der Waals surface area contributed by atoms with Gasteiger partial charge in [-0.05, 0) is 23.9 Å². The predicted octanol–water partition coefficient (Wildman–Crippen LogP) is 3.43. The molecule has 0 saturated carbocycles. The fourth-order valence-electron chi connectivity index (χ4n) is 2.25. The summed E-state index contributed by atoms with van der Waals surface area (Å²) >= 11 is 1.68. The van der Waals surface area contributed by atoms with Crippen LogP contribution < -0.4 is 5.73 Å². The minimum Gasteiger partial charge on any atom is -0.331 e. The lowest BCUT2D eigenvalue weighted by Gasteiger charge is -2.31. The second-order valence-electron chi connectivity index (χ2n) is 5.28. The van der Waals surface area contributed by atoms with Crippen LogP contribution in [0.2, 0.25) is 0 Å². The quantitative estimate of drug-likeness (QED) is 0.888. The van der Waals surface area contributed by atoms with Crippen LogP contribution in [0.4, 0.5) is 0 Å². The molecule has 112 valence electrons. The van der Waals surface area contributed by atoms with Crippen LogP contribution in [-0.4, -0.2) is 17.4 Å². The molecule has 0 bridgehead atoms. The van der Waals surface area contributed by atoms with Crippen molar-refractivity contribution in [1.29, 1.82) is 0 Å². The second kappa shape index (κ2) is 7.38. The molecular weight excluding hydrogens is 280 g/mol. The molecule has 0 spiro atoms. The molecule has 2 aromatic rings. The molecule has 0 aliphatic heterocycles. The minimum absolute atomic E-state index is 0.0618. The summed E-state index contributed by atoms with van der Waals surface area (Å²) in [5.41, 5.74) is 6.82. The number of nitrogens with zero attached hydrogens (tertiary/aromatic N) is 1. The summed E-state index contributed by atoms with van der Waals surface area (Å²) in [6, 6.07) is 14.2. The molecule has 1 aromatic heterocycles. The molecule has 2 unspecified atom stereocenters. The van der Waals surface area contributed by atoms with Gasteiger partial charge in [0, 0.05) is 23.9 Å². The standard InChI is InChI=1S/C17H22N2OS/c1-13(11-18)17(20)19(12-15-7-4-3-5-8-15)14(2)16-9-6-10-21-16/h3-10,13-14H,11-12,18H2,1-2H3. The van der Waals surface area contributed by atoms with E-state index in [1.165, 1.54) is 4.88 Å². The highest BCUT2D eigenvalue weighted by atomic mass is 32.1. The summed E-state index contributed by atoms with van der Waals surface area (Å²) in [7, 11) is 0. The highest BCUT2D eigenvalue weighted by molar-refractivity contribution is 7.10. The zero-order valence-corrected chi connectivity index (χ0v) is 13.3. The highest BCUT2D eigenvalue weighted by Crippen LogP contribution is 2.27. The van der Waals surface area contributed by atoms with Crippen molar-refractivity contribution in [2.24, 2.45) is 11.7 Å². The Labute approximate surface area is 130 Å². The van der Waals surface area contributed by atoms with Crippen molar-refractivity contribution in [3.05, 3.63) is 58.3 Å². The summed E-state index contributed by atoms with van der Waals surface area (Å²) in [6.07, 6.45) is 0. The Balaban J connectivity index is 2.23. The average Bonchev–Trinajstić information content (AvgIpc) is 3.06. The van der Waals surface area contributed by atoms with Crippen molar-refractivity contribution in [2.75, 3.05) is 6.54 Å². The van der Waals surface area contributed by atoms with Gasteiger partial charge in [0.15, 0.2) is 0 Å². The van der Waals surface area contributed by atoms with Crippen LogP contribution in [0, 0.1) is 5.92 Å². The number of hydrogen-bond donors (Lipinski definition) is 1. The molecule has 1 amide bonds. The predicted molar refractivity (Wildman–Crippen MR) is 87.9 cm³/mol. The summed E-state index contributed by atoms with van der Waals surface area (Å²) in [6.45, 7) is 4.96. The van der Waals surface area contributed by atoms with Gasteiger partial charge in [-0.3, -0.25) is 4.79 Å². The van der Waals surface area contributed by atoms with E-state index in [4.69, 9.17) is 5.73 Å². The molecule has 2 atom stereocenters. The summed E-state index contributed by atoms with van der Waals surface area (Å²) in [5, 5.41) is 2.05. The van der Waals surface area contributed by atoms with E-state index in [0.29, 0.717) is 13.1 Å². The lowest BCUT2D eigenvalue weighted by molar-refractivity contribution is -0.137. The van der Waals surface area contributed by atoms with Crippen LogP contribution in [0.1, 0.15) is 30.3 Å². The first-order chi connectivity index (χ1) is 10.1. The van der Waals surface area contributed by atoms with Crippen LogP contribution >= 0.6 is 11.3 Å². The number of benzene rings is 1. The van der Waals surface area contributed by atoms with E-state index < -0.39 is 0 Å². The molecule has 0 aliphatic carbocycles. The van der Waals surface area contributed by atoms with Crippen molar-refractivity contribution in [2.45, 2.75) is 26.4 Å². The number of hydrogen-bond acceptors (Lipinski definition) is 3. The Morgan fingerprint density at radius 3 is 2.48 bits per heavy atom. The summed E-state index contributed by atoms with van der Waals surface area (Å²) in [4.78, 5) is 15.8. The first-order valence-corrected chi connectivity index (χ1v) is 8.09. The van der Waals surface area contributed by atoms with E-state index >= 15 is 0 Å². The first-order valence-electron chi connectivity index (χ1n) is 7.21. The second-order valence-corrected chi connectivity index (χ2v) is 6.26. The van der Waals surface area contributed by atoms with Gasteiger partial charge < -0.3 is 10.6 Å². The Morgan fingerprint density at radius 1 is 1.19 bits per heavy atom. The first kappa shape index (κ1) is 15.7. The van der Waals surface area contributed by atoms with E-state index in [0.717, 1.165) is 5.56 Å². The number of nitrogens with two attached hydrogens (primary N) is 1. The molecule has 2 N–H and O–H groups in total. The highest BCUT2D eigenvalue weighted by Gasteiger charge is 2.25. The van der Waals surface area contributed by atoms with Crippen LogP contribution in [0.3, 0.4) is 0 Å². The fourth-order valence-corrected chi connectivity index (χ4v) is 3.05. The van der Waals surface area contributed by atoms with Gasteiger partial charge in [0.1, 0.15) is 0 Å². The Bertz CT molecular complexity index is 553. The SMILES string of the molecule is CC(CN)C(=O)N(Cc1ccccc1)C(C)c1cccs1. The summed E-state index contributed by atoms with van der Waals surface area (Å²) < 4.78 is 0. The van der Waals surface area contributed by atoms with Crippen molar-refractivity contribution in [3.8, 4) is 0 Å². The molecule has 1 heterocycles. The zero-order chi connectivity index (χ0) is 15.2. The topological polar surface area (TPSA) is 46.3 Å². The average molecular weight is 302 g/mol. The van der Waals surface area contributed by atoms with Gasteiger partial charge in [0.05, 0.1) is 6.04 Å². The van der Waals surface area contributed by atoms with Crippen molar-refractivity contribution in [1.82, 2.24) is 4.90 Å². The lowest BCUT2D eigenvalue weighted by Crippen LogP contribution is -2.39. The van der Waals surface area contributed by atoms with Gasteiger partial charge >= 0.3 is 0 Å². The smallest absolute Gasteiger partial charge is 0.227 e. The lowest BCUT2D eigenvalue weighted by atomic mass is 10.1. The van der Waals surface area contributed by atoms with Gasteiger partial charge in [0.25, 0.3) is 0 Å². The molecule has 1 aromatic carbocycles. The Kier molecular flexibility index (Phi) is 5.53. The van der Waals surface area contributed by atoms with Gasteiger partial charge in [-0.2, -0.15) is 0 Å². The zero-order valence-electron chi connectivity index (χ0n) is 12.5. The number of amides is 1. The number of rotatable bonds is 6. The summed E-state index contributed by atoms with van der Waals surface area (Å²) in [5.74, 6) is -0.0432. The minimum atomic E-state index is -0.156. The van der Waals surface area contributed by atoms with E-state index in [9.17, 15) is 4.79 Å². The van der Waals surface area contributed by atoms with Crippen molar-refractivity contribution in [3.63, 3.8) is 0 Å². The van der Waals surface area contributed by atoms with Gasteiger partial charge in [-0.1, -0.05) is 43.3 Å². The van der Waals surface area contributed by atoms with Gasteiger partial charge in [-0.25, -0.2) is 0 Å². The van der Waals surface area contributed by atoms with Crippen LogP contribution in [0.25, 0.3) is 0 Å². The Morgan fingerprint density at radius 2 is 1.90 bits per heavy atom. The number of thiophene rings is 1. The van der Waals surface area contributed by atoms with Crippen LogP contribution in [0.15, 0.2) is 47.8 Å². The third-order valence-corrected chi connectivity index (χ3v) is 4.72. The maximum Gasteiger partial charge on any atom is 0.227 e. The Hall–Kier alpha value is -1.65. The molecular formula is C17H22N2OS. The monoisotopic (exact) mass is 302 g/mol. The van der Waals surface area contributed by atoms with Gasteiger partial charge in [-0.15, -0.1) is 11.3 Å². The normalized spacial score (nSPS) is 13.7. The number of carbonyl (C=O) groups excluding carboxylic acids is 1. The molecule has 4 heteroatoms. The third-order valence-electron chi connectivity index (χ3n) is 3.68. The van der Waals surface area contributed by atoms with Crippen molar-refractivity contribution >= 4 is 17.2 Å². The third kappa shape index (κ3) is 3.93. The molecule has 21 heavy (non-hydrogen) atoms. The molecule has 0 fully saturated rings. The molecule has 0 aliphatic rings. The van der Waals surface area contributed by atoms with E-state index in [-0.39, 0.29) is 17.9 Å². The maximum absolute atomic E-state index is 12.7. The van der Waals surface area contributed by atoms with E-state index in [1.807, 2.05) is 41.5 Å². The van der Waals surface area contributed by atoms with E-state index in [1.54, 1.807) is 11.3 Å².